The van der Waals surface area contributed by atoms with E-state index in [0.29, 0.717) is 12.8 Å². The molecule has 0 aromatic heterocycles. The number of rotatable bonds is 6. The largest absolute Gasteiger partial charge is 0.469 e. The summed E-state index contributed by atoms with van der Waals surface area (Å²) in [5.41, 5.74) is 0. The topological polar surface area (TPSA) is 66.8 Å². The Kier molecular flexibility index (Phi) is 5.09. The molecule has 0 aromatic carbocycles. The molecule has 0 rings (SSSR count). The summed E-state index contributed by atoms with van der Waals surface area (Å²) >= 11 is 0. The molecule has 0 saturated carbocycles. The number of phosphoric acid groups is 1. The van der Waals surface area contributed by atoms with Crippen molar-refractivity contribution in [2.75, 3.05) is 0 Å². The molecule has 0 aliphatic rings. The molecule has 0 heterocycles. The van der Waals surface area contributed by atoms with Gasteiger partial charge in [0.25, 0.3) is 0 Å². The summed E-state index contributed by atoms with van der Waals surface area (Å²) in [5.74, 6) is 0. The van der Waals surface area contributed by atoms with Crippen LogP contribution >= 0.6 is 7.82 Å². The third-order valence-electron chi connectivity index (χ3n) is 1.15. The Morgan fingerprint density at radius 3 is 2.00 bits per heavy atom. The predicted molar refractivity (Wildman–Crippen MR) is 46.5 cm³/mol. The highest BCUT2D eigenvalue weighted by molar-refractivity contribution is 7.46. The highest BCUT2D eigenvalue weighted by atomic mass is 31.2. The Balaban J connectivity index is 4.02. The molecular formula is C7H13O4P. The first-order valence-electron chi connectivity index (χ1n) is 3.45. The zero-order valence-corrected chi connectivity index (χ0v) is 7.61. The summed E-state index contributed by atoms with van der Waals surface area (Å²) in [7, 11) is -4.38. The quantitative estimate of drug-likeness (QED) is 0.495. The summed E-state index contributed by atoms with van der Waals surface area (Å²) in [6.45, 7) is 6.89. The smallest absolute Gasteiger partial charge is 0.303 e. The van der Waals surface area contributed by atoms with Gasteiger partial charge in [-0.15, -0.1) is 13.2 Å². The van der Waals surface area contributed by atoms with Crippen molar-refractivity contribution in [1.82, 2.24) is 0 Å². The van der Waals surface area contributed by atoms with Gasteiger partial charge in [-0.1, -0.05) is 12.2 Å². The molecule has 0 aliphatic heterocycles. The number of hydrogen-bond acceptors (Lipinski definition) is 2. The van der Waals surface area contributed by atoms with E-state index in [9.17, 15) is 4.57 Å². The molecule has 2 N–H and O–H groups in total. The fourth-order valence-corrected chi connectivity index (χ4v) is 1.31. The average molecular weight is 192 g/mol. The maximum atomic E-state index is 10.4. The monoisotopic (exact) mass is 192 g/mol. The van der Waals surface area contributed by atoms with Gasteiger partial charge in [-0.2, -0.15) is 0 Å². The minimum atomic E-state index is -4.38. The van der Waals surface area contributed by atoms with Crippen LogP contribution in [0, 0.1) is 0 Å². The first kappa shape index (κ1) is 11.6. The van der Waals surface area contributed by atoms with E-state index < -0.39 is 13.9 Å². The third kappa shape index (κ3) is 6.31. The first-order chi connectivity index (χ1) is 5.49. The lowest BCUT2D eigenvalue weighted by Gasteiger charge is -2.14. The van der Waals surface area contributed by atoms with E-state index in [1.807, 2.05) is 0 Å². The van der Waals surface area contributed by atoms with Gasteiger partial charge in [-0.25, -0.2) is 4.57 Å². The lowest BCUT2D eigenvalue weighted by molar-refractivity contribution is 0.136. The van der Waals surface area contributed by atoms with Crippen molar-refractivity contribution in [3.8, 4) is 0 Å². The molecule has 0 unspecified atom stereocenters. The van der Waals surface area contributed by atoms with Gasteiger partial charge in [0.2, 0.25) is 0 Å². The van der Waals surface area contributed by atoms with Gasteiger partial charge in [-0.05, 0) is 12.8 Å². The maximum absolute atomic E-state index is 10.4. The Morgan fingerprint density at radius 2 is 1.75 bits per heavy atom. The van der Waals surface area contributed by atoms with Crippen LogP contribution in [0.25, 0.3) is 0 Å². The van der Waals surface area contributed by atoms with E-state index in [4.69, 9.17) is 9.79 Å². The average Bonchev–Trinajstić information content (AvgIpc) is 1.84. The second-order valence-corrected chi connectivity index (χ2v) is 3.46. The SMILES string of the molecule is C=CCC(CC=C)OP(=O)(O)O. The van der Waals surface area contributed by atoms with Crippen molar-refractivity contribution in [3.05, 3.63) is 25.3 Å². The van der Waals surface area contributed by atoms with E-state index in [1.54, 1.807) is 12.2 Å². The Morgan fingerprint density at radius 1 is 1.33 bits per heavy atom. The molecule has 0 saturated heterocycles. The van der Waals surface area contributed by atoms with E-state index >= 15 is 0 Å². The second-order valence-electron chi connectivity index (χ2n) is 2.27. The lowest BCUT2D eigenvalue weighted by atomic mass is 10.2. The van der Waals surface area contributed by atoms with Gasteiger partial charge in [0.15, 0.2) is 0 Å². The van der Waals surface area contributed by atoms with Gasteiger partial charge < -0.3 is 9.79 Å². The van der Waals surface area contributed by atoms with Crippen molar-refractivity contribution < 1.29 is 18.9 Å². The van der Waals surface area contributed by atoms with E-state index in [1.165, 1.54) is 0 Å². The molecule has 0 radical (unpaired) electrons. The molecular weight excluding hydrogens is 179 g/mol. The molecule has 0 amide bonds. The summed E-state index contributed by atoms with van der Waals surface area (Å²) in [5, 5.41) is 0. The van der Waals surface area contributed by atoms with Crippen molar-refractivity contribution in [1.29, 1.82) is 0 Å². The van der Waals surface area contributed by atoms with Crippen LogP contribution in [-0.2, 0) is 9.09 Å². The molecule has 4 nitrogen and oxygen atoms in total. The Hall–Kier alpha value is -0.410. The number of hydrogen-bond donors (Lipinski definition) is 2. The van der Waals surface area contributed by atoms with Crippen molar-refractivity contribution in [2.24, 2.45) is 0 Å². The number of phosphoric ester groups is 1. The fraction of sp³-hybridized carbons (Fsp3) is 0.429. The zero-order valence-electron chi connectivity index (χ0n) is 6.72. The van der Waals surface area contributed by atoms with E-state index in [0.717, 1.165) is 0 Å². The summed E-state index contributed by atoms with van der Waals surface area (Å²) in [4.78, 5) is 16.9. The van der Waals surface area contributed by atoms with Gasteiger partial charge >= 0.3 is 7.82 Å². The molecule has 0 aliphatic carbocycles. The minimum absolute atomic E-state index is 0.400. The summed E-state index contributed by atoms with van der Waals surface area (Å²) in [6.07, 6.45) is 3.36. The first-order valence-corrected chi connectivity index (χ1v) is 4.98. The second kappa shape index (κ2) is 5.27. The van der Waals surface area contributed by atoms with Gasteiger partial charge in [0.1, 0.15) is 0 Å². The van der Waals surface area contributed by atoms with Crippen LogP contribution in [0.5, 0.6) is 0 Å². The minimum Gasteiger partial charge on any atom is -0.303 e. The van der Waals surface area contributed by atoms with Crippen LogP contribution in [0.1, 0.15) is 12.8 Å². The van der Waals surface area contributed by atoms with Crippen molar-refractivity contribution >= 4 is 7.82 Å². The Labute approximate surface area is 71.8 Å². The van der Waals surface area contributed by atoms with Gasteiger partial charge in [0, 0.05) is 0 Å². The van der Waals surface area contributed by atoms with Crippen LogP contribution in [-0.4, -0.2) is 15.9 Å². The van der Waals surface area contributed by atoms with Crippen LogP contribution in [0.3, 0.4) is 0 Å². The normalized spacial score (nSPS) is 11.6. The van der Waals surface area contributed by atoms with Crippen LogP contribution < -0.4 is 0 Å². The molecule has 70 valence electrons. The molecule has 12 heavy (non-hydrogen) atoms. The molecule has 0 bridgehead atoms. The maximum Gasteiger partial charge on any atom is 0.469 e. The molecule has 0 atom stereocenters. The standard InChI is InChI=1S/C7H13O4P/c1-3-5-7(6-4-2)11-12(8,9)10/h3-4,7H,1-2,5-6H2,(H2,8,9,10). The summed E-state index contributed by atoms with van der Waals surface area (Å²) < 4.78 is 14.8. The molecule has 0 spiro atoms. The zero-order chi connectivity index (χ0) is 9.61. The predicted octanol–water partition coefficient (Wildman–Crippen LogP) is 1.62. The fourth-order valence-electron chi connectivity index (χ4n) is 0.748. The van der Waals surface area contributed by atoms with Crippen LogP contribution in [0.4, 0.5) is 0 Å². The van der Waals surface area contributed by atoms with E-state index in [-0.39, 0.29) is 0 Å². The lowest BCUT2D eigenvalue weighted by Crippen LogP contribution is -2.08. The van der Waals surface area contributed by atoms with E-state index in [2.05, 4.69) is 17.7 Å². The van der Waals surface area contributed by atoms with Crippen molar-refractivity contribution in [3.63, 3.8) is 0 Å². The third-order valence-corrected chi connectivity index (χ3v) is 1.72. The van der Waals surface area contributed by atoms with Crippen LogP contribution in [0.2, 0.25) is 0 Å². The highest BCUT2D eigenvalue weighted by Gasteiger charge is 2.19. The molecule has 0 aromatic rings. The molecule has 0 fully saturated rings. The molecule has 5 heteroatoms. The van der Waals surface area contributed by atoms with Gasteiger partial charge in [-0.3, -0.25) is 4.52 Å². The summed E-state index contributed by atoms with van der Waals surface area (Å²) in [6, 6.07) is 0. The van der Waals surface area contributed by atoms with Crippen LogP contribution in [0.15, 0.2) is 25.3 Å². The highest BCUT2D eigenvalue weighted by Crippen LogP contribution is 2.38. The van der Waals surface area contributed by atoms with Gasteiger partial charge in [0.05, 0.1) is 6.10 Å². The Bertz CT molecular complexity index is 186. The van der Waals surface area contributed by atoms with Crippen molar-refractivity contribution in [2.45, 2.75) is 18.9 Å².